The molecule has 18 unspecified atom stereocenters. The first-order valence-corrected chi connectivity index (χ1v) is 37.6. The molecule has 18 atom stereocenters. The SMILES string of the molecule is CCCCCCCCCCCCCCCC/C=C/C(O)C(COC1OC(CO)C(OC2OC(CO)C(O)C(OC3(C(=O)O)CC(O)C(NC(C)=O)C(C(O)C(O)CO)O3)C2O)C(O)C1O)NC(=O)CCCCCCCCCCCCCCCCCCCCCCCCCCC. The number of hydrogen-bond donors (Lipinski definition) is 14. The molecule has 0 bridgehead atoms. The standard InChI is InChI=1S/C72H134N2O21/c1-4-6-8-10-12-14-16-18-20-22-23-24-25-26-27-28-29-30-32-34-36-38-40-42-44-46-59(82)74-53(54(79)45-43-41-39-37-35-33-31-21-19-17-15-13-11-9-7-5-2)51-90-69-64(86)63(85)66(58(50-77)92-69)93-70-65(87)68(62(84)57(49-76)91-70)95-72(71(88)89)47-55(80)60(73-52(3)78)67(94-72)61(83)56(81)48-75/h43,45,53-58,60-70,75-77,79-81,83-87H,4-42,44,46-51H2,1-3H3,(H,73,78)(H,74,82)(H,88,89)/b45-43+. The van der Waals surface area contributed by atoms with Crippen molar-refractivity contribution < 1.29 is 104 Å². The molecule has 0 aromatic rings. The van der Waals surface area contributed by atoms with E-state index in [0.717, 1.165) is 51.9 Å². The number of aliphatic hydroxyl groups is 11. The number of allylic oxidation sites excluding steroid dienone is 1. The lowest BCUT2D eigenvalue weighted by Gasteiger charge is -2.50. The van der Waals surface area contributed by atoms with Gasteiger partial charge in [-0.2, -0.15) is 0 Å². The van der Waals surface area contributed by atoms with Crippen molar-refractivity contribution in [2.45, 2.75) is 400 Å². The summed E-state index contributed by atoms with van der Waals surface area (Å²) in [7, 11) is 0. The number of carboxylic acid groups (broad SMARTS) is 1. The van der Waals surface area contributed by atoms with Crippen LogP contribution >= 0.6 is 0 Å². The quantitative estimate of drug-likeness (QED) is 0.0201. The lowest BCUT2D eigenvalue weighted by molar-refractivity contribution is -0.386. The summed E-state index contributed by atoms with van der Waals surface area (Å²) in [4.78, 5) is 38.6. The first-order valence-electron chi connectivity index (χ1n) is 37.6. The Hall–Kier alpha value is -2.53. The Labute approximate surface area is 569 Å². The summed E-state index contributed by atoms with van der Waals surface area (Å²) in [5.41, 5.74) is 0. The van der Waals surface area contributed by atoms with Gasteiger partial charge < -0.3 is 100 Å². The molecule has 3 aliphatic heterocycles. The summed E-state index contributed by atoms with van der Waals surface area (Å²) in [5, 5.41) is 136. The van der Waals surface area contributed by atoms with Gasteiger partial charge in [0.05, 0.1) is 50.7 Å². The van der Waals surface area contributed by atoms with Crippen LogP contribution in [0.15, 0.2) is 12.2 Å². The number of carbonyl (C=O) groups is 3. The van der Waals surface area contributed by atoms with Crippen LogP contribution in [-0.2, 0) is 42.8 Å². The molecule has 0 aliphatic carbocycles. The van der Waals surface area contributed by atoms with E-state index < -0.39 is 155 Å². The van der Waals surface area contributed by atoms with Crippen molar-refractivity contribution in [3.8, 4) is 0 Å². The minimum atomic E-state index is -3.08. The van der Waals surface area contributed by atoms with Crippen LogP contribution in [0.25, 0.3) is 0 Å². The number of rotatable bonds is 58. The van der Waals surface area contributed by atoms with Crippen molar-refractivity contribution >= 4 is 17.8 Å². The van der Waals surface area contributed by atoms with Gasteiger partial charge in [0.15, 0.2) is 12.6 Å². The van der Waals surface area contributed by atoms with Crippen molar-refractivity contribution in [1.29, 1.82) is 0 Å². The van der Waals surface area contributed by atoms with E-state index >= 15 is 0 Å². The Morgan fingerprint density at radius 2 is 0.979 bits per heavy atom. The molecule has 0 spiro atoms. The summed E-state index contributed by atoms with van der Waals surface area (Å²) >= 11 is 0. The maximum atomic E-state index is 13.5. The number of carboxylic acids is 1. The lowest BCUT2D eigenvalue weighted by atomic mass is 9.88. The van der Waals surface area contributed by atoms with Crippen molar-refractivity contribution in [3.05, 3.63) is 12.2 Å². The first kappa shape index (κ1) is 86.7. The zero-order chi connectivity index (χ0) is 69.6. The first-order chi connectivity index (χ1) is 45.9. The Morgan fingerprint density at radius 1 is 0.547 bits per heavy atom. The molecule has 0 saturated carbocycles. The number of unbranched alkanes of at least 4 members (excludes halogenated alkanes) is 38. The van der Waals surface area contributed by atoms with E-state index in [0.29, 0.717) is 12.8 Å². The molecule has 23 heteroatoms. The third-order valence-electron chi connectivity index (χ3n) is 19.2. The topological polar surface area (TPSA) is 373 Å². The summed E-state index contributed by atoms with van der Waals surface area (Å²) in [6.07, 6.45) is 24.0. The molecule has 3 aliphatic rings. The van der Waals surface area contributed by atoms with Crippen LogP contribution in [0.5, 0.6) is 0 Å². The van der Waals surface area contributed by atoms with Crippen LogP contribution in [0.2, 0.25) is 0 Å². The highest BCUT2D eigenvalue weighted by Crippen LogP contribution is 2.39. The number of ether oxygens (including phenoxy) is 6. The van der Waals surface area contributed by atoms with Gasteiger partial charge >= 0.3 is 5.97 Å². The zero-order valence-corrected chi connectivity index (χ0v) is 58.5. The van der Waals surface area contributed by atoms with Crippen molar-refractivity contribution in [1.82, 2.24) is 10.6 Å². The van der Waals surface area contributed by atoms with Crippen LogP contribution in [0.4, 0.5) is 0 Å². The smallest absolute Gasteiger partial charge is 0.364 e. The molecule has 3 fully saturated rings. The summed E-state index contributed by atoms with van der Waals surface area (Å²) in [6.45, 7) is 2.17. The molecule has 95 heavy (non-hydrogen) atoms. The fraction of sp³-hybridized carbons (Fsp3) is 0.931. The number of aliphatic hydroxyl groups excluding tert-OH is 11. The van der Waals surface area contributed by atoms with Gasteiger partial charge in [0.1, 0.15) is 67.1 Å². The van der Waals surface area contributed by atoms with Crippen molar-refractivity contribution in [2.75, 3.05) is 26.4 Å². The highest BCUT2D eigenvalue weighted by atomic mass is 16.8. The Balaban J connectivity index is 1.54. The van der Waals surface area contributed by atoms with Crippen LogP contribution in [0.1, 0.15) is 290 Å². The Kier molecular flexibility index (Phi) is 47.9. The van der Waals surface area contributed by atoms with Gasteiger partial charge in [-0.25, -0.2) is 4.79 Å². The second kappa shape index (κ2) is 52.5. The fourth-order valence-electron chi connectivity index (χ4n) is 13.2. The number of amides is 2. The Morgan fingerprint density at radius 3 is 1.40 bits per heavy atom. The van der Waals surface area contributed by atoms with Crippen LogP contribution < -0.4 is 10.6 Å². The van der Waals surface area contributed by atoms with Crippen molar-refractivity contribution in [3.63, 3.8) is 0 Å². The average molecular weight is 1360 g/mol. The lowest BCUT2D eigenvalue weighted by Crippen LogP contribution is -2.70. The second-order valence-corrected chi connectivity index (χ2v) is 27.5. The van der Waals surface area contributed by atoms with Gasteiger partial charge in [-0.05, 0) is 19.3 Å². The molecule has 3 saturated heterocycles. The summed E-state index contributed by atoms with van der Waals surface area (Å²) in [6, 6.07) is -2.61. The number of nitrogens with one attached hydrogen (secondary N) is 2. The predicted molar refractivity (Wildman–Crippen MR) is 362 cm³/mol. The second-order valence-electron chi connectivity index (χ2n) is 27.5. The third-order valence-corrected chi connectivity index (χ3v) is 19.2. The Bertz CT molecular complexity index is 1960. The molecule has 558 valence electrons. The molecule has 3 heterocycles. The molecule has 0 radical (unpaired) electrons. The van der Waals surface area contributed by atoms with E-state index in [1.54, 1.807) is 6.08 Å². The van der Waals surface area contributed by atoms with Gasteiger partial charge in [-0.1, -0.05) is 264 Å². The zero-order valence-electron chi connectivity index (χ0n) is 58.5. The van der Waals surface area contributed by atoms with E-state index in [4.69, 9.17) is 28.4 Å². The molecule has 3 rings (SSSR count). The molecule has 0 aromatic carbocycles. The molecule has 23 nitrogen and oxygen atoms in total. The summed E-state index contributed by atoms with van der Waals surface area (Å²) in [5.74, 6) is -6.13. The van der Waals surface area contributed by atoms with E-state index in [1.807, 2.05) is 6.08 Å². The van der Waals surface area contributed by atoms with E-state index in [1.165, 1.54) is 199 Å². The van der Waals surface area contributed by atoms with Crippen LogP contribution in [-0.4, -0.2) is 215 Å². The number of carbonyl (C=O) groups excluding carboxylic acids is 2. The summed E-state index contributed by atoms with van der Waals surface area (Å²) < 4.78 is 34.8. The number of hydrogen-bond acceptors (Lipinski definition) is 20. The van der Waals surface area contributed by atoms with Gasteiger partial charge in [0.25, 0.3) is 5.79 Å². The normalized spacial score (nSPS) is 27.7. The largest absolute Gasteiger partial charge is 0.477 e. The van der Waals surface area contributed by atoms with Crippen LogP contribution in [0.3, 0.4) is 0 Å². The fourth-order valence-corrected chi connectivity index (χ4v) is 13.2. The van der Waals surface area contributed by atoms with Crippen LogP contribution in [0, 0.1) is 0 Å². The van der Waals surface area contributed by atoms with E-state index in [-0.39, 0.29) is 12.3 Å². The van der Waals surface area contributed by atoms with Crippen molar-refractivity contribution in [2.24, 2.45) is 0 Å². The maximum absolute atomic E-state index is 13.5. The van der Waals surface area contributed by atoms with E-state index in [2.05, 4.69) is 24.5 Å². The van der Waals surface area contributed by atoms with Gasteiger partial charge in [0, 0.05) is 19.8 Å². The highest BCUT2D eigenvalue weighted by molar-refractivity contribution is 5.77. The van der Waals surface area contributed by atoms with E-state index in [9.17, 15) is 75.7 Å². The maximum Gasteiger partial charge on any atom is 0.364 e. The van der Waals surface area contributed by atoms with Gasteiger partial charge in [0.2, 0.25) is 11.8 Å². The molecule has 2 amide bonds. The predicted octanol–water partition coefficient (Wildman–Crippen LogP) is 8.24. The highest BCUT2D eigenvalue weighted by Gasteiger charge is 2.60. The van der Waals surface area contributed by atoms with Gasteiger partial charge in [-0.15, -0.1) is 0 Å². The third kappa shape index (κ3) is 34.1. The molecular weight excluding hydrogens is 1230 g/mol. The average Bonchev–Trinajstić information content (AvgIpc) is 0.757. The molecule has 0 aromatic heterocycles. The minimum Gasteiger partial charge on any atom is -0.477 e. The molecule has 14 N–H and O–H groups in total. The minimum absolute atomic E-state index is 0.205. The molecular formula is C72H134N2O21. The number of aliphatic carboxylic acids is 1. The monoisotopic (exact) mass is 1360 g/mol. The van der Waals surface area contributed by atoms with Gasteiger partial charge in [-0.3, -0.25) is 9.59 Å².